The third kappa shape index (κ3) is 4.24. The summed E-state index contributed by atoms with van der Waals surface area (Å²) in [6.07, 6.45) is 0.863. The van der Waals surface area contributed by atoms with Crippen LogP contribution in [0, 0.1) is 12.4 Å². The second-order valence-electron chi connectivity index (χ2n) is 8.94. The molecule has 3 heterocycles. The summed E-state index contributed by atoms with van der Waals surface area (Å²) in [5.74, 6) is 0.502. The number of aromatic nitrogens is 2. The van der Waals surface area contributed by atoms with Crippen LogP contribution < -0.4 is 15.2 Å². The van der Waals surface area contributed by atoms with Crippen LogP contribution in [0.5, 0.6) is 5.75 Å². The Hall–Kier alpha value is -3.44. The van der Waals surface area contributed by atoms with Gasteiger partial charge < -0.3 is 19.0 Å². The van der Waals surface area contributed by atoms with E-state index in [9.17, 15) is 9.18 Å². The zero-order chi connectivity index (χ0) is 24.6. The molecule has 0 radical (unpaired) electrons. The number of fused-ring (bicyclic) bond motifs is 1. The molecule has 1 aromatic carbocycles. The maximum atomic E-state index is 14.2. The maximum absolute atomic E-state index is 14.2. The molecule has 0 aliphatic carbocycles. The van der Waals surface area contributed by atoms with Crippen molar-refractivity contribution in [3.05, 3.63) is 69.5 Å². The molecule has 7 nitrogen and oxygen atoms in total. The summed E-state index contributed by atoms with van der Waals surface area (Å²) in [7, 11) is 3.26. The van der Waals surface area contributed by atoms with Crippen LogP contribution in [0.1, 0.15) is 38.8 Å². The summed E-state index contributed by atoms with van der Waals surface area (Å²) in [4.78, 5) is 25.5. The summed E-state index contributed by atoms with van der Waals surface area (Å²) < 4.78 is 21.0. The van der Waals surface area contributed by atoms with E-state index in [1.165, 1.54) is 6.07 Å². The number of nitrogens with zero attached hydrogens (tertiary/aromatic N) is 5. The smallest absolute Gasteiger partial charge is 0.270 e. The normalized spacial score (nSPS) is 19.7. The van der Waals surface area contributed by atoms with Crippen molar-refractivity contribution in [2.45, 2.75) is 45.3 Å². The van der Waals surface area contributed by atoms with E-state index >= 15 is 0 Å². The number of piperazine rings is 1. The molecule has 4 rings (SSSR count). The van der Waals surface area contributed by atoms with Crippen molar-refractivity contribution >= 4 is 22.5 Å². The Kier molecular flexibility index (Phi) is 6.58. The monoisotopic (exact) mass is 463 g/mol. The van der Waals surface area contributed by atoms with E-state index in [-0.39, 0.29) is 29.5 Å². The largest absolute Gasteiger partial charge is 0.497 e. The van der Waals surface area contributed by atoms with Gasteiger partial charge in [-0.05, 0) is 50.1 Å². The summed E-state index contributed by atoms with van der Waals surface area (Å²) in [5.41, 5.74) is 2.90. The second kappa shape index (κ2) is 9.43. The number of hydrogen-bond acceptors (Lipinski definition) is 5. The predicted molar refractivity (Wildman–Crippen MR) is 132 cm³/mol. The highest BCUT2D eigenvalue weighted by molar-refractivity contribution is 5.89. The van der Waals surface area contributed by atoms with Crippen molar-refractivity contribution in [3.8, 4) is 5.75 Å². The van der Waals surface area contributed by atoms with E-state index in [1.54, 1.807) is 43.0 Å². The van der Waals surface area contributed by atoms with E-state index in [4.69, 9.17) is 11.3 Å². The fraction of sp³-hybridized carbons (Fsp3) is 0.423. The zero-order valence-electron chi connectivity index (χ0n) is 20.2. The van der Waals surface area contributed by atoms with Crippen molar-refractivity contribution in [2.75, 3.05) is 25.1 Å². The van der Waals surface area contributed by atoms with E-state index in [2.05, 4.69) is 40.4 Å². The molecule has 1 saturated heterocycles. The van der Waals surface area contributed by atoms with E-state index < -0.39 is 0 Å². The lowest BCUT2D eigenvalue weighted by Crippen LogP contribution is -2.58. The first-order chi connectivity index (χ1) is 16.3. The van der Waals surface area contributed by atoms with Gasteiger partial charge in [0.15, 0.2) is 0 Å². The summed E-state index contributed by atoms with van der Waals surface area (Å²) >= 11 is 0. The second-order valence-corrected chi connectivity index (χ2v) is 8.94. The molecular weight excluding hydrogens is 433 g/mol. The summed E-state index contributed by atoms with van der Waals surface area (Å²) in [6, 6.07) is 10.2. The van der Waals surface area contributed by atoms with Crippen LogP contribution in [0.25, 0.3) is 15.9 Å². The van der Waals surface area contributed by atoms with Crippen LogP contribution in [0.2, 0.25) is 0 Å². The molecule has 0 bridgehead atoms. The van der Waals surface area contributed by atoms with Crippen LogP contribution in [0.3, 0.4) is 0 Å². The van der Waals surface area contributed by atoms with Gasteiger partial charge in [-0.15, -0.1) is 4.98 Å². The number of hydrogen-bond donors (Lipinski definition) is 0. The zero-order valence-corrected chi connectivity index (χ0v) is 20.2. The highest BCUT2D eigenvalue weighted by Crippen LogP contribution is 2.34. The molecule has 3 aromatic rings. The summed E-state index contributed by atoms with van der Waals surface area (Å²) in [6.45, 7) is 15.2. The Morgan fingerprint density at radius 1 is 1.26 bits per heavy atom. The number of halogens is 1. The molecule has 8 heteroatoms. The Morgan fingerprint density at radius 2 is 2.03 bits per heavy atom. The van der Waals surface area contributed by atoms with E-state index in [0.29, 0.717) is 29.1 Å². The van der Waals surface area contributed by atoms with Gasteiger partial charge in [-0.3, -0.25) is 9.69 Å². The Bertz CT molecular complexity index is 1320. The molecular formula is C26H30FN5O2. The molecule has 3 atom stereocenters. The van der Waals surface area contributed by atoms with Gasteiger partial charge in [-0.25, -0.2) is 4.39 Å². The van der Waals surface area contributed by atoms with Crippen LogP contribution >= 0.6 is 0 Å². The third-order valence-corrected chi connectivity index (χ3v) is 6.95. The number of rotatable bonds is 5. The van der Waals surface area contributed by atoms with Crippen molar-refractivity contribution in [1.82, 2.24) is 14.5 Å². The van der Waals surface area contributed by atoms with Crippen molar-refractivity contribution in [2.24, 2.45) is 7.05 Å². The van der Waals surface area contributed by atoms with E-state index in [1.807, 2.05) is 6.07 Å². The van der Waals surface area contributed by atoms with Gasteiger partial charge in [-0.2, -0.15) is 0 Å². The fourth-order valence-electron chi connectivity index (χ4n) is 4.96. The van der Waals surface area contributed by atoms with Crippen LogP contribution in [0.15, 0.2) is 41.2 Å². The lowest BCUT2D eigenvalue weighted by molar-refractivity contribution is 0.114. The quantitative estimate of drug-likeness (QED) is 0.514. The molecule has 0 N–H and O–H groups in total. The number of ether oxygens (including phenoxy) is 1. The minimum absolute atomic E-state index is 0.0111. The van der Waals surface area contributed by atoms with Gasteiger partial charge in [0.2, 0.25) is 5.52 Å². The van der Waals surface area contributed by atoms with Crippen LogP contribution in [0.4, 0.5) is 15.9 Å². The number of anilines is 1. The topological polar surface area (TPSA) is 55.0 Å². The van der Waals surface area contributed by atoms with Gasteiger partial charge >= 0.3 is 0 Å². The molecule has 1 aliphatic rings. The minimum Gasteiger partial charge on any atom is -0.497 e. The molecule has 34 heavy (non-hydrogen) atoms. The van der Waals surface area contributed by atoms with Crippen molar-refractivity contribution < 1.29 is 9.13 Å². The molecule has 0 saturated carbocycles. The van der Waals surface area contributed by atoms with Gasteiger partial charge in [0.05, 0.1) is 18.3 Å². The molecule has 0 amide bonds. The van der Waals surface area contributed by atoms with Crippen molar-refractivity contribution in [1.29, 1.82) is 0 Å². The van der Waals surface area contributed by atoms with Gasteiger partial charge in [0.25, 0.3) is 11.4 Å². The first-order valence-corrected chi connectivity index (χ1v) is 11.5. The van der Waals surface area contributed by atoms with E-state index in [0.717, 1.165) is 24.2 Å². The Morgan fingerprint density at radius 3 is 2.71 bits per heavy atom. The SMILES string of the molecule is [C-]#[N+]c1ccc2c(n1)c(N1C[C@@H](C)N(C(C)c3cc(F)cc(OC)c3)C[C@@H]1CC)cc(=O)n2C. The third-order valence-electron chi connectivity index (χ3n) is 6.95. The molecule has 1 aliphatic heterocycles. The average molecular weight is 464 g/mol. The number of aryl methyl sites for hydroxylation is 1. The Balaban J connectivity index is 1.72. The van der Waals surface area contributed by atoms with Crippen LogP contribution in [-0.2, 0) is 7.05 Å². The first-order valence-electron chi connectivity index (χ1n) is 11.5. The average Bonchev–Trinajstić information content (AvgIpc) is 2.84. The van der Waals surface area contributed by atoms with Crippen molar-refractivity contribution in [3.63, 3.8) is 0 Å². The lowest BCUT2D eigenvalue weighted by Gasteiger charge is -2.48. The number of benzene rings is 1. The van der Waals surface area contributed by atoms with Gasteiger partial charge in [0, 0.05) is 50.4 Å². The van der Waals surface area contributed by atoms with Gasteiger partial charge in [-0.1, -0.05) is 13.5 Å². The molecule has 2 aromatic heterocycles. The Labute approximate surface area is 199 Å². The standard InChI is InChI=1S/C26H30FN5O2/c1-7-20-15-31(17(3)18-10-19(27)12-21(11-18)34-6)16(2)14-32(20)23-13-25(33)30(5)22-8-9-24(28-4)29-26(22)23/h8-13,16-17,20H,7,14-15H2,1-3,5-6H3/t16-,17?,20+/m1/s1. The highest BCUT2D eigenvalue weighted by atomic mass is 19.1. The van der Waals surface area contributed by atoms with Gasteiger partial charge in [0.1, 0.15) is 11.6 Å². The predicted octanol–water partition coefficient (Wildman–Crippen LogP) is 4.68. The molecule has 0 spiro atoms. The lowest BCUT2D eigenvalue weighted by atomic mass is 9.98. The van der Waals surface area contributed by atoms with Crippen LogP contribution in [-0.4, -0.2) is 46.7 Å². The number of methoxy groups -OCH3 is 1. The first kappa shape index (κ1) is 23.7. The maximum Gasteiger partial charge on any atom is 0.270 e. The highest BCUT2D eigenvalue weighted by Gasteiger charge is 2.35. The fourth-order valence-corrected chi connectivity index (χ4v) is 4.96. The number of pyridine rings is 2. The minimum atomic E-state index is -0.312. The summed E-state index contributed by atoms with van der Waals surface area (Å²) in [5, 5.41) is 0. The molecule has 1 unspecified atom stereocenters. The molecule has 1 fully saturated rings. The molecule has 178 valence electrons.